The van der Waals surface area contributed by atoms with Crippen LogP contribution in [0.3, 0.4) is 0 Å². The smallest absolute Gasteiger partial charge is 0.271 e. The third-order valence-electron chi connectivity index (χ3n) is 5.36. The van der Waals surface area contributed by atoms with Crippen LogP contribution in [-0.2, 0) is 4.74 Å². The molecule has 1 saturated carbocycles. The summed E-state index contributed by atoms with van der Waals surface area (Å²) in [6.45, 7) is 3.50. The first kappa shape index (κ1) is 19.2. The van der Waals surface area contributed by atoms with Crippen molar-refractivity contribution in [1.82, 2.24) is 20.4 Å². The number of carbonyl (C=O) groups excluding carboxylic acids is 1. The number of methoxy groups -OCH3 is 1. The van der Waals surface area contributed by atoms with Gasteiger partial charge in [0.15, 0.2) is 0 Å². The van der Waals surface area contributed by atoms with Crippen molar-refractivity contribution in [2.75, 3.05) is 33.4 Å². The van der Waals surface area contributed by atoms with Gasteiger partial charge in [-0.05, 0) is 50.1 Å². The molecule has 0 bridgehead atoms. The van der Waals surface area contributed by atoms with Gasteiger partial charge in [-0.15, -0.1) is 12.4 Å². The second kappa shape index (κ2) is 8.83. The van der Waals surface area contributed by atoms with E-state index in [4.69, 9.17) is 4.74 Å². The van der Waals surface area contributed by atoms with Gasteiger partial charge in [-0.2, -0.15) is 5.10 Å². The summed E-state index contributed by atoms with van der Waals surface area (Å²) in [5, 5.41) is 10.9. The van der Waals surface area contributed by atoms with E-state index in [1.165, 1.54) is 19.3 Å². The Labute approximate surface area is 150 Å². The van der Waals surface area contributed by atoms with Crippen molar-refractivity contribution in [3.8, 4) is 0 Å². The van der Waals surface area contributed by atoms with E-state index in [1.807, 2.05) is 16.9 Å². The maximum Gasteiger partial charge on any atom is 0.271 e. The summed E-state index contributed by atoms with van der Waals surface area (Å²) < 4.78 is 7.14. The Morgan fingerprint density at radius 3 is 2.96 bits per heavy atom. The van der Waals surface area contributed by atoms with Crippen molar-refractivity contribution in [2.45, 2.75) is 44.6 Å². The van der Waals surface area contributed by atoms with Crippen LogP contribution in [0.1, 0.15) is 55.1 Å². The fourth-order valence-electron chi connectivity index (χ4n) is 3.59. The molecule has 1 unspecified atom stereocenters. The van der Waals surface area contributed by atoms with Gasteiger partial charge < -0.3 is 15.4 Å². The van der Waals surface area contributed by atoms with Crippen molar-refractivity contribution in [3.05, 3.63) is 18.0 Å². The van der Waals surface area contributed by atoms with Crippen LogP contribution in [0.5, 0.6) is 0 Å². The Morgan fingerprint density at radius 1 is 1.50 bits per heavy atom. The molecule has 3 rings (SSSR count). The molecule has 1 amide bonds. The van der Waals surface area contributed by atoms with Gasteiger partial charge in [-0.25, -0.2) is 0 Å². The molecule has 1 aliphatic heterocycles. The van der Waals surface area contributed by atoms with E-state index in [9.17, 15) is 4.79 Å². The minimum atomic E-state index is -0.0591. The lowest BCUT2D eigenvalue weighted by atomic mass is 9.67. The molecule has 2 fully saturated rings. The van der Waals surface area contributed by atoms with E-state index in [0.717, 1.165) is 45.5 Å². The third-order valence-corrected chi connectivity index (χ3v) is 5.36. The predicted octanol–water partition coefficient (Wildman–Crippen LogP) is 2.17. The summed E-state index contributed by atoms with van der Waals surface area (Å²) >= 11 is 0. The van der Waals surface area contributed by atoms with E-state index >= 15 is 0 Å². The number of amides is 1. The minimum Gasteiger partial charge on any atom is -0.385 e. The average molecular weight is 357 g/mol. The number of halogens is 1. The maximum absolute atomic E-state index is 12.4. The van der Waals surface area contributed by atoms with Crippen LogP contribution >= 0.6 is 12.4 Å². The van der Waals surface area contributed by atoms with Gasteiger partial charge in [0, 0.05) is 33.0 Å². The molecule has 2 heterocycles. The summed E-state index contributed by atoms with van der Waals surface area (Å²) in [7, 11) is 1.73. The molecule has 2 N–H and O–H groups in total. The molecular formula is C17H29ClN4O2. The molecular weight excluding hydrogens is 328 g/mol. The first-order chi connectivity index (χ1) is 11.2. The van der Waals surface area contributed by atoms with Crippen LogP contribution in [0.4, 0.5) is 0 Å². The highest BCUT2D eigenvalue weighted by atomic mass is 35.5. The fourth-order valence-corrected chi connectivity index (χ4v) is 3.59. The van der Waals surface area contributed by atoms with Crippen molar-refractivity contribution < 1.29 is 9.53 Å². The van der Waals surface area contributed by atoms with Gasteiger partial charge in [-0.1, -0.05) is 6.42 Å². The number of rotatable bonds is 7. The van der Waals surface area contributed by atoms with Crippen LogP contribution in [0.15, 0.2) is 12.3 Å². The Bertz CT molecular complexity index is 524. The molecule has 24 heavy (non-hydrogen) atoms. The Balaban J connectivity index is 0.00000208. The molecule has 0 spiro atoms. The summed E-state index contributed by atoms with van der Waals surface area (Å²) in [5.74, 6) is -0.0591. The lowest BCUT2D eigenvalue weighted by molar-refractivity contribution is 0.0629. The number of ether oxygens (including phenoxy) is 1. The van der Waals surface area contributed by atoms with Gasteiger partial charge in [0.25, 0.3) is 5.91 Å². The summed E-state index contributed by atoms with van der Waals surface area (Å²) in [6, 6.07) is 2.19. The van der Waals surface area contributed by atoms with Crippen LogP contribution in [0.2, 0.25) is 0 Å². The van der Waals surface area contributed by atoms with Gasteiger partial charge in [0.05, 0.1) is 6.04 Å². The summed E-state index contributed by atoms with van der Waals surface area (Å²) in [5.41, 5.74) is 0.762. The number of carbonyl (C=O) groups is 1. The van der Waals surface area contributed by atoms with Gasteiger partial charge in [0.2, 0.25) is 0 Å². The largest absolute Gasteiger partial charge is 0.385 e. The number of nitrogens with zero attached hydrogens (tertiary/aromatic N) is 2. The second-order valence-corrected chi connectivity index (χ2v) is 6.96. The first-order valence-electron chi connectivity index (χ1n) is 8.75. The first-order valence-corrected chi connectivity index (χ1v) is 8.75. The molecule has 0 radical (unpaired) electrons. The van der Waals surface area contributed by atoms with Crippen LogP contribution in [0.25, 0.3) is 0 Å². The third kappa shape index (κ3) is 4.49. The Hall–Kier alpha value is -1.11. The fraction of sp³-hybridized carbons (Fsp3) is 0.765. The number of nitrogens with one attached hydrogen (secondary N) is 2. The van der Waals surface area contributed by atoms with E-state index < -0.39 is 0 Å². The number of hydrogen-bond acceptors (Lipinski definition) is 4. The normalized spacial score (nSPS) is 22.3. The zero-order valence-corrected chi connectivity index (χ0v) is 15.2. The zero-order valence-electron chi connectivity index (χ0n) is 14.4. The highest BCUT2D eigenvalue weighted by molar-refractivity contribution is 5.92. The van der Waals surface area contributed by atoms with Gasteiger partial charge >= 0.3 is 0 Å². The van der Waals surface area contributed by atoms with E-state index in [-0.39, 0.29) is 23.7 Å². The quantitative estimate of drug-likeness (QED) is 0.785. The predicted molar refractivity (Wildman–Crippen MR) is 95.7 cm³/mol. The number of hydrogen-bond donors (Lipinski definition) is 2. The van der Waals surface area contributed by atoms with Crippen molar-refractivity contribution in [1.29, 1.82) is 0 Å². The van der Waals surface area contributed by atoms with Crippen molar-refractivity contribution in [3.63, 3.8) is 0 Å². The van der Waals surface area contributed by atoms with Gasteiger partial charge in [0.1, 0.15) is 5.69 Å². The Morgan fingerprint density at radius 2 is 2.33 bits per heavy atom. The molecule has 1 aromatic heterocycles. The number of aromatic nitrogens is 2. The molecule has 1 aromatic rings. The van der Waals surface area contributed by atoms with E-state index in [2.05, 4.69) is 15.7 Å². The molecule has 1 aliphatic carbocycles. The molecule has 1 saturated heterocycles. The number of piperidine rings is 1. The maximum atomic E-state index is 12.4. The summed E-state index contributed by atoms with van der Waals surface area (Å²) in [4.78, 5) is 12.4. The topological polar surface area (TPSA) is 68.2 Å². The second-order valence-electron chi connectivity index (χ2n) is 6.96. The molecule has 2 aliphatic rings. The van der Waals surface area contributed by atoms with E-state index in [0.29, 0.717) is 11.7 Å². The van der Waals surface area contributed by atoms with Gasteiger partial charge in [-0.3, -0.25) is 9.48 Å². The zero-order chi connectivity index (χ0) is 16.1. The minimum absolute atomic E-state index is 0. The lowest BCUT2D eigenvalue weighted by Crippen LogP contribution is -2.43. The molecule has 136 valence electrons. The Kier molecular flexibility index (Phi) is 7.07. The lowest BCUT2D eigenvalue weighted by Gasteiger charge is -2.42. The average Bonchev–Trinajstić information content (AvgIpc) is 3.04. The highest BCUT2D eigenvalue weighted by Gasteiger charge is 2.36. The van der Waals surface area contributed by atoms with E-state index in [1.54, 1.807) is 7.11 Å². The molecule has 1 atom stereocenters. The summed E-state index contributed by atoms with van der Waals surface area (Å²) in [6.07, 6.45) is 8.84. The van der Waals surface area contributed by atoms with Crippen LogP contribution in [-0.4, -0.2) is 49.0 Å². The molecule has 6 nitrogen and oxygen atoms in total. The highest BCUT2D eigenvalue weighted by Crippen LogP contribution is 2.43. The van der Waals surface area contributed by atoms with Crippen molar-refractivity contribution >= 4 is 18.3 Å². The van der Waals surface area contributed by atoms with Crippen LogP contribution < -0.4 is 10.6 Å². The van der Waals surface area contributed by atoms with Crippen molar-refractivity contribution in [2.24, 2.45) is 5.41 Å². The molecule has 0 aromatic carbocycles. The standard InChI is InChI=1S/C17H28N4O2.ClH/c1-23-11-8-17(6-3-7-17)13-19-16(22)15-5-10-21(20-15)14-4-2-9-18-12-14;/h5,10,14,18H,2-4,6-9,11-13H2,1H3,(H,19,22);1H. The van der Waals surface area contributed by atoms with Crippen LogP contribution in [0, 0.1) is 5.41 Å². The monoisotopic (exact) mass is 356 g/mol. The molecule has 7 heteroatoms. The SMILES string of the molecule is COCCC1(CNC(=O)c2ccn(C3CCCNC3)n2)CCC1.Cl.